The fourth-order valence-corrected chi connectivity index (χ4v) is 1.47. The van der Waals surface area contributed by atoms with E-state index in [0.29, 0.717) is 18.2 Å². The van der Waals surface area contributed by atoms with E-state index in [9.17, 15) is 0 Å². The van der Waals surface area contributed by atoms with Gasteiger partial charge in [0.05, 0.1) is 14.2 Å². The Morgan fingerprint density at radius 1 is 1.24 bits per heavy atom. The maximum absolute atomic E-state index is 5.23. The van der Waals surface area contributed by atoms with Crippen molar-refractivity contribution in [2.75, 3.05) is 19.5 Å². The quantitative estimate of drug-likeness (QED) is 0.818. The van der Waals surface area contributed by atoms with Crippen LogP contribution in [-0.4, -0.2) is 29.4 Å². The van der Waals surface area contributed by atoms with Crippen LogP contribution in [0.3, 0.4) is 0 Å². The van der Waals surface area contributed by atoms with Gasteiger partial charge in [0.15, 0.2) is 11.5 Å². The summed E-state index contributed by atoms with van der Waals surface area (Å²) in [6.45, 7) is 0.634. The monoisotopic (exact) mass is 234 g/mol. The minimum Gasteiger partial charge on any atom is -0.493 e. The largest absolute Gasteiger partial charge is 0.493 e. The smallest absolute Gasteiger partial charge is 0.218 e. The number of anilines is 1. The highest BCUT2D eigenvalue weighted by atomic mass is 16.5. The van der Waals surface area contributed by atoms with Crippen molar-refractivity contribution in [1.29, 1.82) is 0 Å². The zero-order valence-corrected chi connectivity index (χ0v) is 9.73. The third kappa shape index (κ3) is 2.66. The Morgan fingerprint density at radius 3 is 2.71 bits per heavy atom. The molecule has 0 saturated carbocycles. The van der Waals surface area contributed by atoms with Crippen LogP contribution in [0.1, 0.15) is 5.56 Å². The Bertz CT molecular complexity index is 470. The predicted molar refractivity (Wildman–Crippen MR) is 63.3 cm³/mol. The van der Waals surface area contributed by atoms with Gasteiger partial charge in [0, 0.05) is 6.54 Å². The summed E-state index contributed by atoms with van der Waals surface area (Å²) < 4.78 is 10.4. The van der Waals surface area contributed by atoms with Crippen molar-refractivity contribution in [3.8, 4) is 11.5 Å². The number of rotatable bonds is 5. The first-order valence-corrected chi connectivity index (χ1v) is 5.13. The molecule has 0 spiro atoms. The first-order chi connectivity index (χ1) is 8.33. The predicted octanol–water partition coefficient (Wildman–Crippen LogP) is 1.43. The number of nitrogens with one attached hydrogen (secondary N) is 2. The molecule has 6 nitrogen and oxygen atoms in total. The first-order valence-electron chi connectivity index (χ1n) is 5.13. The minimum atomic E-state index is 0.634. The molecule has 0 saturated heterocycles. The van der Waals surface area contributed by atoms with Gasteiger partial charge in [-0.15, -0.1) is 0 Å². The number of H-pyrrole nitrogens is 1. The average molecular weight is 234 g/mol. The van der Waals surface area contributed by atoms with Crippen molar-refractivity contribution in [2.45, 2.75) is 6.54 Å². The SMILES string of the molecule is COc1ccc(CNc2ncn[nH]2)cc1OC. The Balaban J connectivity index is 2.06. The minimum absolute atomic E-state index is 0.634. The van der Waals surface area contributed by atoms with Gasteiger partial charge in [-0.3, -0.25) is 0 Å². The number of benzene rings is 1. The maximum atomic E-state index is 5.23. The fourth-order valence-electron chi connectivity index (χ4n) is 1.47. The van der Waals surface area contributed by atoms with E-state index in [0.717, 1.165) is 11.3 Å². The highest BCUT2D eigenvalue weighted by Gasteiger charge is 2.04. The van der Waals surface area contributed by atoms with Crippen LogP contribution in [0, 0.1) is 0 Å². The third-order valence-electron chi connectivity index (χ3n) is 2.32. The van der Waals surface area contributed by atoms with Crippen LogP contribution in [0.4, 0.5) is 5.95 Å². The van der Waals surface area contributed by atoms with Gasteiger partial charge >= 0.3 is 0 Å². The summed E-state index contributed by atoms with van der Waals surface area (Å²) in [7, 11) is 3.23. The van der Waals surface area contributed by atoms with Gasteiger partial charge in [0.2, 0.25) is 5.95 Å². The van der Waals surface area contributed by atoms with E-state index in [1.54, 1.807) is 14.2 Å². The summed E-state index contributed by atoms with van der Waals surface area (Å²) in [5.74, 6) is 2.07. The molecule has 0 aliphatic rings. The van der Waals surface area contributed by atoms with Gasteiger partial charge in [-0.1, -0.05) is 6.07 Å². The molecule has 0 amide bonds. The second-order valence-corrected chi connectivity index (χ2v) is 3.38. The van der Waals surface area contributed by atoms with E-state index in [1.807, 2.05) is 18.2 Å². The number of aromatic nitrogens is 3. The van der Waals surface area contributed by atoms with Gasteiger partial charge < -0.3 is 14.8 Å². The lowest BCUT2D eigenvalue weighted by atomic mass is 10.2. The molecule has 6 heteroatoms. The van der Waals surface area contributed by atoms with E-state index < -0.39 is 0 Å². The molecule has 2 aromatic rings. The van der Waals surface area contributed by atoms with E-state index >= 15 is 0 Å². The highest BCUT2D eigenvalue weighted by molar-refractivity contribution is 5.43. The molecule has 1 aromatic carbocycles. The normalized spacial score (nSPS) is 10.0. The lowest BCUT2D eigenvalue weighted by Gasteiger charge is -2.09. The van der Waals surface area contributed by atoms with Crippen LogP contribution in [-0.2, 0) is 6.54 Å². The maximum Gasteiger partial charge on any atom is 0.218 e. The average Bonchev–Trinajstić information content (AvgIpc) is 2.89. The molecule has 0 radical (unpaired) electrons. The molecule has 1 aromatic heterocycles. The topological polar surface area (TPSA) is 72.1 Å². The molecule has 0 aliphatic heterocycles. The van der Waals surface area contributed by atoms with Crippen LogP contribution in [0.2, 0.25) is 0 Å². The summed E-state index contributed by atoms with van der Waals surface area (Å²) >= 11 is 0. The summed E-state index contributed by atoms with van der Waals surface area (Å²) in [6, 6.07) is 5.75. The molecule has 0 fully saturated rings. The third-order valence-corrected chi connectivity index (χ3v) is 2.32. The van der Waals surface area contributed by atoms with Gasteiger partial charge in [0.1, 0.15) is 6.33 Å². The number of aromatic amines is 1. The Kier molecular flexibility index (Phi) is 3.44. The standard InChI is InChI=1S/C11H14N4O2/c1-16-9-4-3-8(5-10(9)17-2)6-12-11-13-7-14-15-11/h3-5,7H,6H2,1-2H3,(H2,12,13,14,15). The summed E-state index contributed by atoms with van der Waals surface area (Å²) in [4.78, 5) is 3.97. The number of hydrogen-bond acceptors (Lipinski definition) is 5. The van der Waals surface area contributed by atoms with Gasteiger partial charge in [-0.05, 0) is 17.7 Å². The van der Waals surface area contributed by atoms with Crippen molar-refractivity contribution in [3.63, 3.8) is 0 Å². The number of nitrogens with zero attached hydrogens (tertiary/aromatic N) is 2. The number of hydrogen-bond donors (Lipinski definition) is 2. The molecule has 1 heterocycles. The zero-order chi connectivity index (χ0) is 12.1. The molecule has 0 bridgehead atoms. The van der Waals surface area contributed by atoms with Gasteiger partial charge in [-0.2, -0.15) is 5.10 Å². The summed E-state index contributed by atoms with van der Waals surface area (Å²) in [5.41, 5.74) is 1.07. The van der Waals surface area contributed by atoms with Crippen molar-refractivity contribution in [2.24, 2.45) is 0 Å². The molecule has 2 rings (SSSR count). The molecule has 0 atom stereocenters. The highest BCUT2D eigenvalue weighted by Crippen LogP contribution is 2.27. The summed E-state index contributed by atoms with van der Waals surface area (Å²) in [5, 5.41) is 9.59. The van der Waals surface area contributed by atoms with Gasteiger partial charge in [0.25, 0.3) is 0 Å². The lowest BCUT2D eigenvalue weighted by Crippen LogP contribution is -2.01. The lowest BCUT2D eigenvalue weighted by molar-refractivity contribution is 0.354. The van der Waals surface area contributed by atoms with Crippen LogP contribution in [0.5, 0.6) is 11.5 Å². The first kappa shape index (κ1) is 11.3. The van der Waals surface area contributed by atoms with Crippen molar-refractivity contribution in [3.05, 3.63) is 30.1 Å². The van der Waals surface area contributed by atoms with Crippen molar-refractivity contribution < 1.29 is 9.47 Å². The molecular weight excluding hydrogens is 220 g/mol. The Hall–Kier alpha value is -2.24. The van der Waals surface area contributed by atoms with E-state index in [-0.39, 0.29) is 0 Å². The zero-order valence-electron chi connectivity index (χ0n) is 9.73. The van der Waals surface area contributed by atoms with Crippen LogP contribution in [0.15, 0.2) is 24.5 Å². The Labute approximate surface area is 99.0 Å². The van der Waals surface area contributed by atoms with Crippen LogP contribution < -0.4 is 14.8 Å². The molecule has 2 N–H and O–H groups in total. The van der Waals surface area contributed by atoms with E-state index in [1.165, 1.54) is 6.33 Å². The van der Waals surface area contributed by atoms with Crippen LogP contribution in [0.25, 0.3) is 0 Å². The molecule has 0 aliphatic carbocycles. The van der Waals surface area contributed by atoms with E-state index in [2.05, 4.69) is 20.5 Å². The van der Waals surface area contributed by atoms with E-state index in [4.69, 9.17) is 9.47 Å². The Morgan fingerprint density at radius 2 is 2.06 bits per heavy atom. The second-order valence-electron chi connectivity index (χ2n) is 3.38. The molecule has 17 heavy (non-hydrogen) atoms. The van der Waals surface area contributed by atoms with Crippen LogP contribution >= 0.6 is 0 Å². The molecule has 90 valence electrons. The number of ether oxygens (including phenoxy) is 2. The fraction of sp³-hybridized carbons (Fsp3) is 0.273. The van der Waals surface area contributed by atoms with Gasteiger partial charge in [-0.25, -0.2) is 10.1 Å². The van der Waals surface area contributed by atoms with Crippen molar-refractivity contribution in [1.82, 2.24) is 15.2 Å². The number of methoxy groups -OCH3 is 2. The van der Waals surface area contributed by atoms with Crippen molar-refractivity contribution >= 4 is 5.95 Å². The molecule has 0 unspecified atom stereocenters. The second kappa shape index (κ2) is 5.20. The molecular formula is C11H14N4O2. The summed E-state index contributed by atoms with van der Waals surface area (Å²) in [6.07, 6.45) is 1.46.